The predicted molar refractivity (Wildman–Crippen MR) is 62.8 cm³/mol. The number of hydrogen-bond acceptors (Lipinski definition) is 3. The van der Waals surface area contributed by atoms with Crippen LogP contribution in [-0.2, 0) is 5.41 Å². The first-order valence-electron chi connectivity index (χ1n) is 5.11. The van der Waals surface area contributed by atoms with Crippen LogP contribution in [0, 0.1) is 0 Å². The molecule has 1 aliphatic rings. The zero-order valence-corrected chi connectivity index (χ0v) is 9.36. The molecule has 0 spiro atoms. The maximum atomic E-state index is 4.38. The Balaban J connectivity index is 2.28. The van der Waals surface area contributed by atoms with Crippen LogP contribution in [0.5, 0.6) is 0 Å². The highest BCUT2D eigenvalue weighted by Gasteiger charge is 2.14. The Hall–Kier alpha value is -1.51. The molecule has 0 aliphatic carbocycles. The summed E-state index contributed by atoms with van der Waals surface area (Å²) in [5.41, 5.74) is 2.23. The van der Waals surface area contributed by atoms with Crippen molar-refractivity contribution in [1.82, 2.24) is 4.98 Å². The van der Waals surface area contributed by atoms with Gasteiger partial charge in [-0.25, -0.2) is 4.99 Å². The highest BCUT2D eigenvalue weighted by molar-refractivity contribution is 6.04. The van der Waals surface area contributed by atoms with Crippen LogP contribution in [-0.4, -0.2) is 23.6 Å². The molecule has 2 rings (SSSR count). The van der Waals surface area contributed by atoms with Crippen LogP contribution in [0.2, 0.25) is 0 Å². The average molecular weight is 201 g/mol. The minimum Gasteiger partial charge on any atom is -0.259 e. The molecule has 3 nitrogen and oxygen atoms in total. The van der Waals surface area contributed by atoms with E-state index in [-0.39, 0.29) is 5.41 Å². The lowest BCUT2D eigenvalue weighted by Gasteiger charge is -2.18. The molecule has 0 saturated heterocycles. The van der Waals surface area contributed by atoms with E-state index in [9.17, 15) is 0 Å². The second-order valence-corrected chi connectivity index (χ2v) is 4.66. The van der Waals surface area contributed by atoms with E-state index in [1.54, 1.807) is 6.21 Å². The van der Waals surface area contributed by atoms with Gasteiger partial charge in [0.25, 0.3) is 0 Å². The van der Waals surface area contributed by atoms with E-state index in [1.165, 1.54) is 5.56 Å². The zero-order valence-electron chi connectivity index (χ0n) is 9.36. The van der Waals surface area contributed by atoms with Gasteiger partial charge in [-0.2, -0.15) is 0 Å². The Labute approximate surface area is 90.0 Å². The number of aromatic nitrogens is 1. The molecular weight excluding hydrogens is 186 g/mol. The fraction of sp³-hybridized carbons (Fsp3) is 0.417. The Kier molecular flexibility index (Phi) is 2.39. The molecule has 0 fully saturated rings. The maximum Gasteiger partial charge on any atom is 0.173 e. The fourth-order valence-corrected chi connectivity index (χ4v) is 1.41. The van der Waals surface area contributed by atoms with Crippen LogP contribution in [0.15, 0.2) is 28.3 Å². The molecule has 1 aliphatic heterocycles. The highest BCUT2D eigenvalue weighted by Crippen LogP contribution is 2.21. The molecule has 0 atom stereocenters. The van der Waals surface area contributed by atoms with Crippen molar-refractivity contribution in [2.24, 2.45) is 9.98 Å². The molecule has 1 aromatic heterocycles. The smallest absolute Gasteiger partial charge is 0.173 e. The summed E-state index contributed by atoms with van der Waals surface area (Å²) >= 11 is 0. The van der Waals surface area contributed by atoms with Gasteiger partial charge in [-0.1, -0.05) is 26.8 Å². The topological polar surface area (TPSA) is 37.6 Å². The van der Waals surface area contributed by atoms with Gasteiger partial charge in [-0.15, -0.1) is 0 Å². The summed E-state index contributed by atoms with van der Waals surface area (Å²) in [5.74, 6) is 0.746. The second kappa shape index (κ2) is 3.57. The Bertz CT molecular complexity index is 407. The number of amidine groups is 1. The standard InChI is InChI=1S/C12H15N3/c1-12(2,3)9-4-5-10(15-8-9)11-13-6-7-14-11/h4-6,8H,7H2,1-3H3. The van der Waals surface area contributed by atoms with E-state index in [4.69, 9.17) is 0 Å². The van der Waals surface area contributed by atoms with Gasteiger partial charge in [-0.05, 0) is 17.0 Å². The number of hydrogen-bond donors (Lipinski definition) is 0. The van der Waals surface area contributed by atoms with E-state index in [0.717, 1.165) is 11.5 Å². The van der Waals surface area contributed by atoms with Crippen molar-refractivity contribution in [1.29, 1.82) is 0 Å². The molecule has 0 saturated carbocycles. The second-order valence-electron chi connectivity index (χ2n) is 4.66. The van der Waals surface area contributed by atoms with E-state index in [1.807, 2.05) is 12.3 Å². The summed E-state index contributed by atoms with van der Waals surface area (Å²) in [6.07, 6.45) is 3.71. The number of aliphatic imine (C=N–C) groups is 2. The fourth-order valence-electron chi connectivity index (χ4n) is 1.41. The molecule has 1 aromatic rings. The first-order chi connectivity index (χ1) is 7.07. The Morgan fingerprint density at radius 2 is 2.00 bits per heavy atom. The third kappa shape index (κ3) is 2.12. The molecular formula is C12H15N3. The molecule has 2 heterocycles. The summed E-state index contributed by atoms with van der Waals surface area (Å²) in [6.45, 7) is 7.21. The molecule has 78 valence electrons. The molecule has 0 N–H and O–H groups in total. The van der Waals surface area contributed by atoms with Gasteiger partial charge in [0.1, 0.15) is 5.69 Å². The number of rotatable bonds is 1. The summed E-state index contributed by atoms with van der Waals surface area (Å²) in [4.78, 5) is 12.8. The molecule has 0 unspecified atom stereocenters. The van der Waals surface area contributed by atoms with Crippen LogP contribution < -0.4 is 0 Å². The lowest BCUT2D eigenvalue weighted by atomic mass is 9.88. The first kappa shape index (κ1) is 10.0. The van der Waals surface area contributed by atoms with Crippen LogP contribution in [0.3, 0.4) is 0 Å². The minimum atomic E-state index is 0.145. The first-order valence-corrected chi connectivity index (χ1v) is 5.11. The molecule has 15 heavy (non-hydrogen) atoms. The van der Waals surface area contributed by atoms with E-state index >= 15 is 0 Å². The predicted octanol–water partition coefficient (Wildman–Crippen LogP) is 2.21. The van der Waals surface area contributed by atoms with Crippen molar-refractivity contribution in [3.8, 4) is 0 Å². The lowest BCUT2D eigenvalue weighted by molar-refractivity contribution is 0.587. The van der Waals surface area contributed by atoms with Gasteiger partial charge in [0.2, 0.25) is 0 Å². The number of nitrogens with zero attached hydrogens (tertiary/aromatic N) is 3. The van der Waals surface area contributed by atoms with Gasteiger partial charge in [0.15, 0.2) is 5.84 Å². The summed E-state index contributed by atoms with van der Waals surface area (Å²) in [5, 5.41) is 0. The molecule has 0 aromatic carbocycles. The van der Waals surface area contributed by atoms with Crippen molar-refractivity contribution in [2.45, 2.75) is 26.2 Å². The van der Waals surface area contributed by atoms with Crippen molar-refractivity contribution in [2.75, 3.05) is 6.54 Å². The monoisotopic (exact) mass is 201 g/mol. The van der Waals surface area contributed by atoms with Crippen LogP contribution >= 0.6 is 0 Å². The molecule has 0 bridgehead atoms. The van der Waals surface area contributed by atoms with Crippen LogP contribution in [0.1, 0.15) is 32.0 Å². The third-order valence-corrected chi connectivity index (χ3v) is 2.39. The normalized spacial score (nSPS) is 15.5. The molecule has 0 radical (unpaired) electrons. The molecule has 0 amide bonds. The zero-order chi connectivity index (χ0) is 10.9. The third-order valence-electron chi connectivity index (χ3n) is 2.39. The Morgan fingerprint density at radius 1 is 1.20 bits per heavy atom. The lowest BCUT2D eigenvalue weighted by Crippen LogP contribution is -2.12. The number of pyridine rings is 1. The maximum absolute atomic E-state index is 4.38. The SMILES string of the molecule is CC(C)(C)c1ccc(C2=NCC=N2)nc1. The van der Waals surface area contributed by atoms with Gasteiger partial charge in [0.05, 0.1) is 6.54 Å². The summed E-state index contributed by atoms with van der Waals surface area (Å²) < 4.78 is 0. The van der Waals surface area contributed by atoms with Crippen LogP contribution in [0.4, 0.5) is 0 Å². The van der Waals surface area contributed by atoms with Crippen molar-refractivity contribution in [3.05, 3.63) is 29.6 Å². The quantitative estimate of drug-likeness (QED) is 0.686. The van der Waals surface area contributed by atoms with Crippen molar-refractivity contribution < 1.29 is 0 Å². The minimum absolute atomic E-state index is 0.145. The van der Waals surface area contributed by atoms with Gasteiger partial charge in [-0.3, -0.25) is 9.98 Å². The highest BCUT2D eigenvalue weighted by atomic mass is 15.0. The van der Waals surface area contributed by atoms with Crippen molar-refractivity contribution >= 4 is 12.1 Å². The Morgan fingerprint density at radius 3 is 2.47 bits per heavy atom. The largest absolute Gasteiger partial charge is 0.259 e. The van der Waals surface area contributed by atoms with Gasteiger partial charge < -0.3 is 0 Å². The van der Waals surface area contributed by atoms with E-state index in [2.05, 4.69) is 41.8 Å². The van der Waals surface area contributed by atoms with E-state index in [0.29, 0.717) is 6.54 Å². The summed E-state index contributed by atoms with van der Waals surface area (Å²) in [7, 11) is 0. The van der Waals surface area contributed by atoms with Gasteiger partial charge >= 0.3 is 0 Å². The van der Waals surface area contributed by atoms with Gasteiger partial charge in [0, 0.05) is 12.4 Å². The van der Waals surface area contributed by atoms with Crippen LogP contribution in [0.25, 0.3) is 0 Å². The van der Waals surface area contributed by atoms with Crippen molar-refractivity contribution in [3.63, 3.8) is 0 Å². The van der Waals surface area contributed by atoms with E-state index < -0.39 is 0 Å². The average Bonchev–Trinajstić information content (AvgIpc) is 2.69. The molecule has 3 heteroatoms. The summed E-state index contributed by atoms with van der Waals surface area (Å²) in [6, 6.07) is 4.08.